The Hall–Kier alpha value is -2.89. The van der Waals surface area contributed by atoms with E-state index in [1.165, 1.54) is 0 Å². The summed E-state index contributed by atoms with van der Waals surface area (Å²) < 4.78 is 0. The van der Waals surface area contributed by atoms with Crippen molar-refractivity contribution in [2.45, 2.75) is 39.3 Å². The maximum Gasteiger partial charge on any atom is 0.325 e. The summed E-state index contributed by atoms with van der Waals surface area (Å²) in [5, 5.41) is 7.62. The fourth-order valence-electron chi connectivity index (χ4n) is 3.15. The molecule has 6 nitrogen and oxygen atoms in total. The number of nitrogens with zero attached hydrogens (tertiary/aromatic N) is 1. The zero-order valence-electron chi connectivity index (χ0n) is 16.1. The molecule has 1 aliphatic heterocycles. The highest BCUT2D eigenvalue weighted by Crippen LogP contribution is 2.30. The highest BCUT2D eigenvalue weighted by molar-refractivity contribution is 6.09. The Bertz CT molecular complexity index is 908. The molecular formula is C21H25N3O3. The van der Waals surface area contributed by atoms with Gasteiger partial charge in [-0.25, -0.2) is 4.79 Å². The van der Waals surface area contributed by atoms with Crippen LogP contribution < -0.4 is 10.6 Å². The summed E-state index contributed by atoms with van der Waals surface area (Å²) in [7, 11) is 0. The zero-order chi connectivity index (χ0) is 19.8. The van der Waals surface area contributed by atoms with E-state index >= 15 is 0 Å². The molecule has 1 aliphatic rings. The van der Waals surface area contributed by atoms with Gasteiger partial charge in [0, 0.05) is 6.04 Å². The molecule has 6 heteroatoms. The van der Waals surface area contributed by atoms with Gasteiger partial charge in [0.2, 0.25) is 5.91 Å². The van der Waals surface area contributed by atoms with E-state index in [0.717, 1.165) is 15.7 Å². The third kappa shape index (κ3) is 3.52. The van der Waals surface area contributed by atoms with E-state index in [0.29, 0.717) is 5.56 Å². The first-order valence-electron chi connectivity index (χ1n) is 9.15. The summed E-state index contributed by atoms with van der Waals surface area (Å²) >= 11 is 0. The lowest BCUT2D eigenvalue weighted by molar-refractivity contribution is -0.135. The minimum atomic E-state index is -1.19. The number of hydrogen-bond acceptors (Lipinski definition) is 3. The van der Waals surface area contributed by atoms with Crippen molar-refractivity contribution < 1.29 is 14.4 Å². The highest BCUT2D eigenvalue weighted by atomic mass is 16.2. The van der Waals surface area contributed by atoms with Crippen molar-refractivity contribution >= 4 is 28.6 Å². The van der Waals surface area contributed by atoms with Crippen LogP contribution in [0.1, 0.15) is 33.3 Å². The third-order valence-electron chi connectivity index (χ3n) is 5.29. The fraction of sp³-hybridized carbons (Fsp3) is 0.381. The molecular weight excluding hydrogens is 342 g/mol. The molecule has 2 atom stereocenters. The first-order valence-corrected chi connectivity index (χ1v) is 9.15. The van der Waals surface area contributed by atoms with Gasteiger partial charge in [-0.2, -0.15) is 0 Å². The Morgan fingerprint density at radius 1 is 1.11 bits per heavy atom. The second-order valence-electron chi connectivity index (χ2n) is 7.61. The molecule has 0 unspecified atom stereocenters. The van der Waals surface area contributed by atoms with Crippen LogP contribution in [-0.2, 0) is 15.1 Å². The molecule has 1 saturated heterocycles. The topological polar surface area (TPSA) is 78.5 Å². The van der Waals surface area contributed by atoms with Crippen LogP contribution in [0.3, 0.4) is 0 Å². The third-order valence-corrected chi connectivity index (χ3v) is 5.29. The van der Waals surface area contributed by atoms with Crippen molar-refractivity contribution in [2.75, 3.05) is 6.54 Å². The number of carbonyl (C=O) groups excluding carboxylic acids is 3. The first-order chi connectivity index (χ1) is 12.7. The van der Waals surface area contributed by atoms with Crippen LogP contribution in [0.4, 0.5) is 4.79 Å². The summed E-state index contributed by atoms with van der Waals surface area (Å²) in [6.07, 6.45) is 0. The molecule has 0 radical (unpaired) electrons. The maximum absolute atomic E-state index is 13.0. The Morgan fingerprint density at radius 2 is 1.78 bits per heavy atom. The monoisotopic (exact) mass is 367 g/mol. The van der Waals surface area contributed by atoms with Crippen molar-refractivity contribution in [3.05, 3.63) is 48.0 Å². The summed E-state index contributed by atoms with van der Waals surface area (Å²) in [4.78, 5) is 38.6. The van der Waals surface area contributed by atoms with Crippen molar-refractivity contribution in [2.24, 2.45) is 5.92 Å². The van der Waals surface area contributed by atoms with Crippen LogP contribution >= 0.6 is 0 Å². The van der Waals surface area contributed by atoms with E-state index in [9.17, 15) is 14.4 Å². The van der Waals surface area contributed by atoms with Gasteiger partial charge in [-0.05, 0) is 42.2 Å². The van der Waals surface area contributed by atoms with E-state index in [1.807, 2.05) is 63.2 Å². The van der Waals surface area contributed by atoms with Crippen molar-refractivity contribution in [1.29, 1.82) is 0 Å². The van der Waals surface area contributed by atoms with Crippen LogP contribution in [0.2, 0.25) is 0 Å². The summed E-state index contributed by atoms with van der Waals surface area (Å²) in [6, 6.07) is 12.9. The molecule has 0 aromatic heterocycles. The van der Waals surface area contributed by atoms with Crippen LogP contribution in [0, 0.1) is 5.92 Å². The molecule has 2 N–H and O–H groups in total. The molecule has 0 bridgehead atoms. The van der Waals surface area contributed by atoms with Crippen molar-refractivity contribution in [3.8, 4) is 0 Å². The number of urea groups is 1. The number of carbonyl (C=O) groups is 3. The fourth-order valence-corrected chi connectivity index (χ4v) is 3.15. The Morgan fingerprint density at radius 3 is 2.44 bits per heavy atom. The van der Waals surface area contributed by atoms with Crippen LogP contribution in [-0.4, -0.2) is 35.3 Å². The van der Waals surface area contributed by atoms with Gasteiger partial charge in [-0.3, -0.25) is 14.5 Å². The van der Waals surface area contributed by atoms with E-state index in [-0.39, 0.29) is 24.4 Å². The van der Waals surface area contributed by atoms with Gasteiger partial charge in [0.15, 0.2) is 0 Å². The molecule has 0 saturated carbocycles. The Kier molecular flexibility index (Phi) is 4.91. The van der Waals surface area contributed by atoms with Gasteiger partial charge < -0.3 is 10.6 Å². The number of benzene rings is 2. The smallest absolute Gasteiger partial charge is 0.325 e. The minimum absolute atomic E-state index is 0.0369. The second-order valence-corrected chi connectivity index (χ2v) is 7.61. The SMILES string of the molecule is CC(C)[C@H](C)NC(=O)CN1C(=O)N[C@@](C)(c2ccc3ccccc3c2)C1=O. The lowest BCUT2D eigenvalue weighted by Gasteiger charge is -2.23. The number of rotatable bonds is 5. The van der Waals surface area contributed by atoms with Crippen molar-refractivity contribution in [3.63, 3.8) is 0 Å². The summed E-state index contributed by atoms with van der Waals surface area (Å²) in [6.45, 7) is 7.27. The van der Waals surface area contributed by atoms with Gasteiger partial charge in [0.25, 0.3) is 5.91 Å². The molecule has 3 rings (SSSR count). The van der Waals surface area contributed by atoms with Gasteiger partial charge in [-0.1, -0.05) is 50.2 Å². The first kappa shape index (κ1) is 18.9. The van der Waals surface area contributed by atoms with Gasteiger partial charge in [-0.15, -0.1) is 0 Å². The molecule has 142 valence electrons. The number of imide groups is 1. The quantitative estimate of drug-likeness (QED) is 0.798. The van der Waals surface area contributed by atoms with Gasteiger partial charge >= 0.3 is 6.03 Å². The number of hydrogen-bond donors (Lipinski definition) is 2. The largest absolute Gasteiger partial charge is 0.352 e. The molecule has 2 aromatic rings. The van der Waals surface area contributed by atoms with Gasteiger partial charge in [0.1, 0.15) is 12.1 Å². The number of fused-ring (bicyclic) bond motifs is 1. The van der Waals surface area contributed by atoms with Crippen LogP contribution in [0.15, 0.2) is 42.5 Å². The average molecular weight is 367 g/mol. The van der Waals surface area contributed by atoms with E-state index < -0.39 is 17.5 Å². The van der Waals surface area contributed by atoms with Crippen LogP contribution in [0.5, 0.6) is 0 Å². The second kappa shape index (κ2) is 7.02. The van der Waals surface area contributed by atoms with E-state index in [2.05, 4.69) is 10.6 Å². The minimum Gasteiger partial charge on any atom is -0.352 e. The highest BCUT2D eigenvalue weighted by Gasteiger charge is 2.49. The zero-order valence-corrected chi connectivity index (χ0v) is 16.1. The number of nitrogens with one attached hydrogen (secondary N) is 2. The Labute approximate surface area is 158 Å². The average Bonchev–Trinajstić information content (AvgIpc) is 2.85. The molecule has 27 heavy (non-hydrogen) atoms. The van der Waals surface area contributed by atoms with E-state index in [4.69, 9.17) is 0 Å². The Balaban J connectivity index is 1.82. The predicted octanol–water partition coefficient (Wildman–Crippen LogP) is 2.77. The summed E-state index contributed by atoms with van der Waals surface area (Å²) in [5.74, 6) is -0.502. The lowest BCUT2D eigenvalue weighted by atomic mass is 9.90. The molecule has 1 fully saturated rings. The molecule has 0 aliphatic carbocycles. The summed E-state index contributed by atoms with van der Waals surface area (Å²) in [5.41, 5.74) is -0.497. The lowest BCUT2D eigenvalue weighted by Crippen LogP contribution is -2.46. The molecule has 2 aromatic carbocycles. The molecule has 1 heterocycles. The number of amides is 4. The van der Waals surface area contributed by atoms with Crippen LogP contribution in [0.25, 0.3) is 10.8 Å². The standard InChI is InChI=1S/C21H25N3O3/c1-13(2)14(3)22-18(25)12-24-19(26)21(4,23-20(24)27)17-10-9-15-7-5-6-8-16(15)11-17/h5-11,13-14H,12H2,1-4H3,(H,22,25)(H,23,27)/t14-,21-/m0/s1. The predicted molar refractivity (Wildman–Crippen MR) is 104 cm³/mol. The van der Waals surface area contributed by atoms with Crippen molar-refractivity contribution in [1.82, 2.24) is 15.5 Å². The van der Waals surface area contributed by atoms with E-state index in [1.54, 1.807) is 6.92 Å². The molecule has 0 spiro atoms. The molecule has 4 amide bonds. The van der Waals surface area contributed by atoms with Gasteiger partial charge in [0.05, 0.1) is 0 Å². The normalized spacial score (nSPS) is 20.9. The maximum atomic E-state index is 13.0.